The molecule has 0 spiro atoms. The van der Waals surface area contributed by atoms with Crippen LogP contribution in [0.1, 0.15) is 201 Å². The zero-order chi connectivity index (χ0) is 42.1. The standard InChI is InChI=1S/C53H88O5/c1-4-7-10-13-16-19-22-25-27-29-31-34-37-40-43-46-52(54)57-50-51(49-56-48-45-42-39-36-33-30-26-23-20-17-14-11-8-5-2)58-53(55)47-44-41-38-35-32-28-24-21-18-15-12-9-6-3/h8,11-12,15-17,19-21,24-27,30,36,39,51H,4-7,9-10,13-14,18,22-23,28-29,31-35,37-38,40-50H2,1-3H3/b11-8-,15-12-,19-16-,20-17-,24-21-,27-25-,30-26-,39-36-. The fraction of sp³-hybridized carbons (Fsp3) is 0.660. The quantitative estimate of drug-likeness (QED) is 0.0349. The Labute approximate surface area is 358 Å². The third kappa shape index (κ3) is 45.5. The fourth-order valence-corrected chi connectivity index (χ4v) is 6.05. The van der Waals surface area contributed by atoms with Gasteiger partial charge < -0.3 is 14.2 Å². The molecule has 0 radical (unpaired) electrons. The molecule has 0 saturated carbocycles. The highest BCUT2D eigenvalue weighted by molar-refractivity contribution is 5.70. The number of rotatable bonds is 42. The normalized spacial score (nSPS) is 13.1. The predicted molar refractivity (Wildman–Crippen MR) is 251 cm³/mol. The SMILES string of the molecule is CC/C=C\C/C=C\C/C=C\C/C=C\CCCOCC(COC(=O)CCCCCCC/C=C\C/C=C\CCCCC)OC(=O)CCCCCCC/C=C\C/C=C\CCC. The molecular weight excluding hydrogens is 717 g/mol. The lowest BCUT2D eigenvalue weighted by atomic mass is 10.1. The van der Waals surface area contributed by atoms with Crippen LogP contribution in [0.25, 0.3) is 0 Å². The molecule has 0 aromatic carbocycles. The topological polar surface area (TPSA) is 61.8 Å². The van der Waals surface area contributed by atoms with Crippen LogP contribution >= 0.6 is 0 Å². The second-order valence-electron chi connectivity index (χ2n) is 15.3. The van der Waals surface area contributed by atoms with E-state index >= 15 is 0 Å². The van der Waals surface area contributed by atoms with Gasteiger partial charge in [0.2, 0.25) is 0 Å². The summed E-state index contributed by atoms with van der Waals surface area (Å²) in [6, 6.07) is 0. The number of carbonyl (C=O) groups is 2. The average molecular weight is 805 g/mol. The Bertz CT molecular complexity index is 1140. The van der Waals surface area contributed by atoms with Gasteiger partial charge in [0, 0.05) is 19.4 Å². The molecule has 0 saturated heterocycles. The monoisotopic (exact) mass is 805 g/mol. The molecule has 1 unspecified atom stereocenters. The van der Waals surface area contributed by atoms with Gasteiger partial charge in [0.25, 0.3) is 0 Å². The molecule has 1 atom stereocenters. The zero-order valence-electron chi connectivity index (χ0n) is 37.8. The van der Waals surface area contributed by atoms with Crippen LogP contribution in [0.4, 0.5) is 0 Å². The van der Waals surface area contributed by atoms with Crippen molar-refractivity contribution in [3.8, 4) is 0 Å². The molecule has 0 aromatic rings. The number of allylic oxidation sites excluding steroid dienone is 16. The highest BCUT2D eigenvalue weighted by Gasteiger charge is 2.17. The van der Waals surface area contributed by atoms with Gasteiger partial charge in [0.1, 0.15) is 6.61 Å². The Morgan fingerprint density at radius 1 is 0.397 bits per heavy atom. The lowest BCUT2D eigenvalue weighted by molar-refractivity contribution is -0.163. The van der Waals surface area contributed by atoms with Gasteiger partial charge in [-0.3, -0.25) is 9.59 Å². The van der Waals surface area contributed by atoms with Crippen molar-refractivity contribution < 1.29 is 23.8 Å². The molecule has 0 N–H and O–H groups in total. The summed E-state index contributed by atoms with van der Waals surface area (Å²) in [4.78, 5) is 25.3. The molecule has 0 aliphatic carbocycles. The molecule has 0 rings (SSSR count). The summed E-state index contributed by atoms with van der Waals surface area (Å²) >= 11 is 0. The van der Waals surface area contributed by atoms with Crippen molar-refractivity contribution in [2.45, 2.75) is 207 Å². The number of hydrogen-bond acceptors (Lipinski definition) is 5. The van der Waals surface area contributed by atoms with Crippen molar-refractivity contribution in [2.24, 2.45) is 0 Å². The number of carbonyl (C=O) groups excluding carboxylic acids is 2. The number of unbranched alkanes of at least 4 members (excludes halogenated alkanes) is 15. The van der Waals surface area contributed by atoms with Gasteiger partial charge in [-0.25, -0.2) is 0 Å². The van der Waals surface area contributed by atoms with E-state index in [0.717, 1.165) is 109 Å². The van der Waals surface area contributed by atoms with Crippen LogP contribution in [0, 0.1) is 0 Å². The molecule has 0 amide bonds. The summed E-state index contributed by atoms with van der Waals surface area (Å²) in [5.41, 5.74) is 0. The first-order chi connectivity index (χ1) is 28.6. The maximum atomic E-state index is 12.7. The maximum absolute atomic E-state index is 12.7. The Morgan fingerprint density at radius 3 is 1.31 bits per heavy atom. The van der Waals surface area contributed by atoms with E-state index in [9.17, 15) is 9.59 Å². The summed E-state index contributed by atoms with van der Waals surface area (Å²) in [6.45, 7) is 7.44. The van der Waals surface area contributed by atoms with Crippen LogP contribution in [0.15, 0.2) is 97.2 Å². The first-order valence-electron chi connectivity index (χ1n) is 23.8. The average Bonchev–Trinajstić information content (AvgIpc) is 3.22. The molecular formula is C53H88O5. The first kappa shape index (κ1) is 54.8. The summed E-state index contributed by atoms with van der Waals surface area (Å²) < 4.78 is 17.3. The number of ether oxygens (including phenoxy) is 3. The Balaban J connectivity index is 4.41. The van der Waals surface area contributed by atoms with E-state index in [0.29, 0.717) is 19.4 Å². The van der Waals surface area contributed by atoms with Gasteiger partial charge in [-0.2, -0.15) is 0 Å². The minimum atomic E-state index is -0.581. The van der Waals surface area contributed by atoms with E-state index in [1.54, 1.807) is 0 Å². The Hall–Kier alpha value is -3.18. The molecule has 5 heteroatoms. The van der Waals surface area contributed by atoms with Gasteiger partial charge in [0.05, 0.1) is 6.61 Å². The van der Waals surface area contributed by atoms with Crippen LogP contribution in [0.5, 0.6) is 0 Å². The van der Waals surface area contributed by atoms with E-state index in [1.807, 2.05) is 0 Å². The molecule has 330 valence electrons. The van der Waals surface area contributed by atoms with E-state index in [1.165, 1.54) is 57.8 Å². The molecule has 0 heterocycles. The lowest BCUT2D eigenvalue weighted by Crippen LogP contribution is -2.30. The second kappa shape index (κ2) is 48.2. The smallest absolute Gasteiger partial charge is 0.306 e. The molecule has 5 nitrogen and oxygen atoms in total. The van der Waals surface area contributed by atoms with Gasteiger partial charge in [-0.15, -0.1) is 0 Å². The van der Waals surface area contributed by atoms with Gasteiger partial charge in [0.15, 0.2) is 6.10 Å². The van der Waals surface area contributed by atoms with Crippen molar-refractivity contribution in [1.82, 2.24) is 0 Å². The highest BCUT2D eigenvalue weighted by Crippen LogP contribution is 2.12. The van der Waals surface area contributed by atoms with Crippen LogP contribution in [0.2, 0.25) is 0 Å². The minimum absolute atomic E-state index is 0.0453. The van der Waals surface area contributed by atoms with E-state index in [-0.39, 0.29) is 25.2 Å². The van der Waals surface area contributed by atoms with E-state index in [2.05, 4.69) is 118 Å². The second-order valence-corrected chi connectivity index (χ2v) is 15.3. The van der Waals surface area contributed by atoms with Crippen molar-refractivity contribution in [3.63, 3.8) is 0 Å². The highest BCUT2D eigenvalue weighted by atomic mass is 16.6. The van der Waals surface area contributed by atoms with Crippen LogP contribution < -0.4 is 0 Å². The molecule has 0 aromatic heterocycles. The summed E-state index contributed by atoms with van der Waals surface area (Å²) in [6.07, 6.45) is 64.1. The maximum Gasteiger partial charge on any atom is 0.306 e. The van der Waals surface area contributed by atoms with Gasteiger partial charge in [-0.1, -0.05) is 176 Å². The Morgan fingerprint density at radius 2 is 0.810 bits per heavy atom. The number of hydrogen-bond donors (Lipinski definition) is 0. The molecule has 0 aliphatic heterocycles. The largest absolute Gasteiger partial charge is 0.462 e. The Kier molecular flexibility index (Phi) is 45.5. The predicted octanol–water partition coefficient (Wildman–Crippen LogP) is 15.9. The lowest BCUT2D eigenvalue weighted by Gasteiger charge is -2.18. The van der Waals surface area contributed by atoms with Crippen molar-refractivity contribution in [3.05, 3.63) is 97.2 Å². The van der Waals surface area contributed by atoms with Crippen LogP contribution in [-0.4, -0.2) is 37.9 Å². The van der Waals surface area contributed by atoms with Gasteiger partial charge in [-0.05, 0) is 109 Å². The molecule has 58 heavy (non-hydrogen) atoms. The third-order valence-corrected chi connectivity index (χ3v) is 9.55. The number of esters is 2. The third-order valence-electron chi connectivity index (χ3n) is 9.55. The van der Waals surface area contributed by atoms with Crippen LogP contribution in [-0.2, 0) is 23.8 Å². The zero-order valence-corrected chi connectivity index (χ0v) is 37.8. The first-order valence-corrected chi connectivity index (χ1v) is 23.8. The van der Waals surface area contributed by atoms with Crippen molar-refractivity contribution >= 4 is 11.9 Å². The van der Waals surface area contributed by atoms with Crippen molar-refractivity contribution in [2.75, 3.05) is 19.8 Å². The van der Waals surface area contributed by atoms with Crippen molar-refractivity contribution in [1.29, 1.82) is 0 Å². The summed E-state index contributed by atoms with van der Waals surface area (Å²) in [5, 5.41) is 0. The van der Waals surface area contributed by atoms with E-state index in [4.69, 9.17) is 14.2 Å². The molecule has 0 bridgehead atoms. The molecule has 0 aliphatic rings. The van der Waals surface area contributed by atoms with E-state index < -0.39 is 6.10 Å². The fourth-order valence-electron chi connectivity index (χ4n) is 6.05. The summed E-state index contributed by atoms with van der Waals surface area (Å²) in [5.74, 6) is -0.467. The minimum Gasteiger partial charge on any atom is -0.462 e. The molecule has 0 fully saturated rings. The summed E-state index contributed by atoms with van der Waals surface area (Å²) in [7, 11) is 0. The van der Waals surface area contributed by atoms with Crippen LogP contribution in [0.3, 0.4) is 0 Å². The van der Waals surface area contributed by atoms with Gasteiger partial charge >= 0.3 is 11.9 Å².